The van der Waals surface area contributed by atoms with E-state index in [1.54, 1.807) is 6.20 Å². The molecule has 25 heavy (non-hydrogen) atoms. The number of nitrogens with one attached hydrogen (secondary N) is 2. The number of hydrogen-bond acceptors (Lipinski definition) is 4. The number of benzene rings is 1. The molecule has 1 aliphatic heterocycles. The van der Waals surface area contributed by atoms with Crippen LogP contribution in [0.15, 0.2) is 42.6 Å². The zero-order chi connectivity index (χ0) is 17.6. The predicted molar refractivity (Wildman–Crippen MR) is 97.7 cm³/mol. The van der Waals surface area contributed by atoms with Gasteiger partial charge in [0.05, 0.1) is 6.20 Å². The van der Waals surface area contributed by atoms with E-state index < -0.39 is 0 Å². The smallest absolute Gasteiger partial charge is 0.251 e. The zero-order valence-corrected chi connectivity index (χ0v) is 14.8. The molecule has 1 aromatic carbocycles. The van der Waals surface area contributed by atoms with Gasteiger partial charge >= 0.3 is 0 Å². The van der Waals surface area contributed by atoms with Crippen LogP contribution in [-0.4, -0.2) is 30.0 Å². The lowest BCUT2D eigenvalue weighted by Crippen LogP contribution is -2.48. The van der Waals surface area contributed by atoms with Crippen LogP contribution in [0.5, 0.6) is 5.75 Å². The van der Waals surface area contributed by atoms with Crippen LogP contribution in [0.1, 0.15) is 35.0 Å². The summed E-state index contributed by atoms with van der Waals surface area (Å²) in [5.41, 5.74) is 2.60. The van der Waals surface area contributed by atoms with Crippen LogP contribution in [0.3, 0.4) is 0 Å². The number of amides is 1. The van der Waals surface area contributed by atoms with E-state index in [2.05, 4.69) is 22.5 Å². The molecule has 1 fully saturated rings. The second kappa shape index (κ2) is 8.12. The molecule has 2 N–H and O–H groups in total. The standard InChI is InChI=1S/C20H25N3O2/c1-14-11-21-9-8-19(14)23-20(24)17-5-3-4-16(10-17)13-25-18-7-6-15(2)22-12-18/h3-7,10,12,14,19,21H,8-9,11,13H2,1-2H3,(H,23,24). The largest absolute Gasteiger partial charge is 0.487 e. The number of nitrogens with zero attached hydrogens (tertiary/aromatic N) is 1. The van der Waals surface area contributed by atoms with Crippen molar-refractivity contribution in [2.45, 2.75) is 32.9 Å². The number of pyridine rings is 1. The number of aryl methyl sites for hydroxylation is 1. The topological polar surface area (TPSA) is 63.2 Å². The fourth-order valence-corrected chi connectivity index (χ4v) is 2.99. The number of hydrogen-bond donors (Lipinski definition) is 2. The van der Waals surface area contributed by atoms with Gasteiger partial charge in [-0.2, -0.15) is 0 Å². The summed E-state index contributed by atoms with van der Waals surface area (Å²) in [5.74, 6) is 1.15. The Balaban J connectivity index is 1.60. The summed E-state index contributed by atoms with van der Waals surface area (Å²) in [4.78, 5) is 16.8. The number of piperidine rings is 1. The molecule has 5 nitrogen and oxygen atoms in total. The molecule has 0 spiro atoms. The molecular weight excluding hydrogens is 314 g/mol. The van der Waals surface area contributed by atoms with Gasteiger partial charge in [-0.05, 0) is 62.2 Å². The first kappa shape index (κ1) is 17.4. The molecule has 2 aromatic rings. The Bertz CT molecular complexity index is 715. The number of carbonyl (C=O) groups excluding carboxylic acids is 1. The van der Waals surface area contributed by atoms with Crippen molar-refractivity contribution in [3.63, 3.8) is 0 Å². The summed E-state index contributed by atoms with van der Waals surface area (Å²) in [5, 5.41) is 6.51. The summed E-state index contributed by atoms with van der Waals surface area (Å²) in [6.07, 6.45) is 2.68. The van der Waals surface area contributed by atoms with Crippen molar-refractivity contribution in [1.29, 1.82) is 0 Å². The summed E-state index contributed by atoms with van der Waals surface area (Å²) >= 11 is 0. The Labute approximate surface area is 148 Å². The van der Waals surface area contributed by atoms with Crippen LogP contribution in [0, 0.1) is 12.8 Å². The third-order valence-electron chi connectivity index (χ3n) is 4.58. The first-order chi connectivity index (χ1) is 12.1. The minimum atomic E-state index is -0.0161. The molecule has 2 heterocycles. The molecule has 2 atom stereocenters. The highest BCUT2D eigenvalue weighted by molar-refractivity contribution is 5.94. The molecule has 0 aliphatic carbocycles. The van der Waals surface area contributed by atoms with E-state index in [1.165, 1.54) is 0 Å². The molecular formula is C20H25N3O2. The van der Waals surface area contributed by atoms with E-state index in [9.17, 15) is 4.79 Å². The van der Waals surface area contributed by atoms with Gasteiger partial charge in [0.15, 0.2) is 0 Å². The third kappa shape index (κ3) is 4.79. The van der Waals surface area contributed by atoms with Crippen LogP contribution in [0.4, 0.5) is 0 Å². The molecule has 1 aliphatic rings. The second-order valence-electron chi connectivity index (χ2n) is 6.67. The average molecular weight is 339 g/mol. The molecule has 1 aromatic heterocycles. The highest BCUT2D eigenvalue weighted by Crippen LogP contribution is 2.14. The second-order valence-corrected chi connectivity index (χ2v) is 6.67. The van der Waals surface area contributed by atoms with Gasteiger partial charge in [0.1, 0.15) is 12.4 Å². The predicted octanol–water partition coefficient (Wildman–Crippen LogP) is 2.70. The highest BCUT2D eigenvalue weighted by atomic mass is 16.5. The van der Waals surface area contributed by atoms with Crippen molar-refractivity contribution in [2.75, 3.05) is 13.1 Å². The lowest BCUT2D eigenvalue weighted by Gasteiger charge is -2.30. The van der Waals surface area contributed by atoms with Crippen molar-refractivity contribution in [3.05, 3.63) is 59.4 Å². The van der Waals surface area contributed by atoms with E-state index in [0.29, 0.717) is 18.1 Å². The summed E-state index contributed by atoms with van der Waals surface area (Å²) in [7, 11) is 0. The Morgan fingerprint density at radius 3 is 3.00 bits per heavy atom. The summed E-state index contributed by atoms with van der Waals surface area (Å²) < 4.78 is 5.75. The van der Waals surface area contributed by atoms with E-state index in [1.807, 2.05) is 43.3 Å². The lowest BCUT2D eigenvalue weighted by atomic mass is 9.95. The third-order valence-corrected chi connectivity index (χ3v) is 4.58. The Hall–Kier alpha value is -2.40. The molecule has 2 unspecified atom stereocenters. The van der Waals surface area contributed by atoms with Gasteiger partial charge in [0.2, 0.25) is 0 Å². The quantitative estimate of drug-likeness (QED) is 0.879. The van der Waals surface area contributed by atoms with E-state index in [4.69, 9.17) is 4.74 Å². The van der Waals surface area contributed by atoms with Crippen molar-refractivity contribution in [1.82, 2.24) is 15.6 Å². The number of carbonyl (C=O) groups is 1. The van der Waals surface area contributed by atoms with E-state index in [0.717, 1.165) is 36.5 Å². The van der Waals surface area contributed by atoms with Crippen molar-refractivity contribution < 1.29 is 9.53 Å². The van der Waals surface area contributed by atoms with Gasteiger partial charge in [0, 0.05) is 17.3 Å². The van der Waals surface area contributed by atoms with Gasteiger partial charge in [0.25, 0.3) is 5.91 Å². The van der Waals surface area contributed by atoms with E-state index >= 15 is 0 Å². The fourth-order valence-electron chi connectivity index (χ4n) is 2.99. The molecule has 1 saturated heterocycles. The monoisotopic (exact) mass is 339 g/mol. The van der Waals surface area contributed by atoms with Crippen LogP contribution < -0.4 is 15.4 Å². The molecule has 5 heteroatoms. The molecule has 3 rings (SSSR count). The minimum Gasteiger partial charge on any atom is -0.487 e. The summed E-state index contributed by atoms with van der Waals surface area (Å²) in [6.45, 7) is 6.42. The van der Waals surface area contributed by atoms with Crippen LogP contribution >= 0.6 is 0 Å². The van der Waals surface area contributed by atoms with Crippen LogP contribution in [-0.2, 0) is 6.61 Å². The maximum Gasteiger partial charge on any atom is 0.251 e. The van der Waals surface area contributed by atoms with Crippen molar-refractivity contribution >= 4 is 5.91 Å². The van der Waals surface area contributed by atoms with Crippen molar-refractivity contribution in [2.24, 2.45) is 5.92 Å². The maximum atomic E-state index is 12.5. The Kier molecular flexibility index (Phi) is 5.66. The fraction of sp³-hybridized carbons (Fsp3) is 0.400. The van der Waals surface area contributed by atoms with E-state index in [-0.39, 0.29) is 11.9 Å². The van der Waals surface area contributed by atoms with Gasteiger partial charge in [-0.1, -0.05) is 19.1 Å². The minimum absolute atomic E-state index is 0.0161. The van der Waals surface area contributed by atoms with Crippen LogP contribution in [0.25, 0.3) is 0 Å². The van der Waals surface area contributed by atoms with Crippen molar-refractivity contribution in [3.8, 4) is 5.75 Å². The SMILES string of the molecule is Cc1ccc(OCc2cccc(C(=O)NC3CCNCC3C)c2)cn1. The number of ether oxygens (including phenoxy) is 1. The molecule has 0 saturated carbocycles. The highest BCUT2D eigenvalue weighted by Gasteiger charge is 2.23. The number of aromatic nitrogens is 1. The first-order valence-corrected chi connectivity index (χ1v) is 8.78. The molecule has 0 bridgehead atoms. The summed E-state index contributed by atoms with van der Waals surface area (Å²) in [6, 6.07) is 11.6. The van der Waals surface area contributed by atoms with Crippen LogP contribution in [0.2, 0.25) is 0 Å². The Morgan fingerprint density at radius 2 is 2.24 bits per heavy atom. The molecule has 0 radical (unpaired) electrons. The van der Waals surface area contributed by atoms with Gasteiger partial charge in [-0.25, -0.2) is 0 Å². The normalized spacial score (nSPS) is 20.1. The average Bonchev–Trinajstić information content (AvgIpc) is 2.63. The lowest BCUT2D eigenvalue weighted by molar-refractivity contribution is 0.0914. The van der Waals surface area contributed by atoms with Gasteiger partial charge in [-0.3, -0.25) is 9.78 Å². The zero-order valence-electron chi connectivity index (χ0n) is 14.8. The molecule has 132 valence electrons. The Morgan fingerprint density at radius 1 is 1.36 bits per heavy atom. The first-order valence-electron chi connectivity index (χ1n) is 8.78. The number of rotatable bonds is 5. The van der Waals surface area contributed by atoms with Gasteiger partial charge < -0.3 is 15.4 Å². The maximum absolute atomic E-state index is 12.5. The van der Waals surface area contributed by atoms with Gasteiger partial charge in [-0.15, -0.1) is 0 Å². The molecule has 1 amide bonds.